The number of anilines is 1. The van der Waals surface area contributed by atoms with Gasteiger partial charge in [-0.05, 0) is 32.9 Å². The van der Waals surface area contributed by atoms with Gasteiger partial charge in [-0.3, -0.25) is 4.98 Å². The van der Waals surface area contributed by atoms with E-state index in [1.165, 1.54) is 0 Å². The summed E-state index contributed by atoms with van der Waals surface area (Å²) in [6, 6.07) is 3.88. The number of aromatic nitrogens is 1. The summed E-state index contributed by atoms with van der Waals surface area (Å²) < 4.78 is 0. The number of pyridine rings is 1. The van der Waals surface area contributed by atoms with E-state index in [-0.39, 0.29) is 0 Å². The van der Waals surface area contributed by atoms with Gasteiger partial charge in [0.25, 0.3) is 0 Å². The first kappa shape index (κ1) is 12.9. The van der Waals surface area contributed by atoms with E-state index in [2.05, 4.69) is 16.8 Å². The van der Waals surface area contributed by atoms with Crippen LogP contribution in [0.15, 0.2) is 18.3 Å². The normalized spacial score (nSPS) is 11.6. The van der Waals surface area contributed by atoms with Gasteiger partial charge in [0, 0.05) is 25.8 Å². The Bertz CT molecular complexity index is 333. The standard InChI is InChI=1S/C12H21N3O/c1-4-15(9-12(2,3)16)11-6-5-7-14-10(11)8-13/h5-7,16H,4,8-9,13H2,1-3H3. The van der Waals surface area contributed by atoms with Crippen LogP contribution in [0.25, 0.3) is 0 Å². The second kappa shape index (κ2) is 5.27. The van der Waals surface area contributed by atoms with Gasteiger partial charge in [0.05, 0.1) is 17.0 Å². The molecule has 0 aliphatic heterocycles. The van der Waals surface area contributed by atoms with Crippen molar-refractivity contribution in [2.75, 3.05) is 18.0 Å². The molecule has 4 nitrogen and oxygen atoms in total. The Morgan fingerprint density at radius 2 is 2.19 bits per heavy atom. The maximum absolute atomic E-state index is 9.85. The third kappa shape index (κ3) is 3.47. The van der Waals surface area contributed by atoms with Crippen LogP contribution in [0.2, 0.25) is 0 Å². The molecule has 0 fully saturated rings. The number of aliphatic hydroxyl groups is 1. The summed E-state index contributed by atoms with van der Waals surface area (Å²) in [6.45, 7) is 7.46. The van der Waals surface area contributed by atoms with E-state index >= 15 is 0 Å². The van der Waals surface area contributed by atoms with Crippen molar-refractivity contribution in [1.29, 1.82) is 0 Å². The Morgan fingerprint density at radius 3 is 2.69 bits per heavy atom. The molecule has 3 N–H and O–H groups in total. The topological polar surface area (TPSA) is 62.4 Å². The van der Waals surface area contributed by atoms with Crippen molar-refractivity contribution in [1.82, 2.24) is 4.98 Å². The molecule has 0 aliphatic rings. The zero-order valence-electron chi connectivity index (χ0n) is 10.3. The highest BCUT2D eigenvalue weighted by Crippen LogP contribution is 2.19. The summed E-state index contributed by atoms with van der Waals surface area (Å²) in [7, 11) is 0. The zero-order valence-corrected chi connectivity index (χ0v) is 10.3. The van der Waals surface area contributed by atoms with Crippen molar-refractivity contribution in [3.8, 4) is 0 Å². The first-order valence-corrected chi connectivity index (χ1v) is 5.59. The maximum Gasteiger partial charge on any atom is 0.0772 e. The predicted octanol–water partition coefficient (Wildman–Crippen LogP) is 1.14. The highest BCUT2D eigenvalue weighted by molar-refractivity contribution is 5.50. The predicted molar refractivity (Wildman–Crippen MR) is 66.3 cm³/mol. The van der Waals surface area contributed by atoms with Gasteiger partial charge in [-0.2, -0.15) is 0 Å². The molecule has 0 aromatic carbocycles. The van der Waals surface area contributed by atoms with Gasteiger partial charge < -0.3 is 15.7 Å². The molecule has 0 spiro atoms. The van der Waals surface area contributed by atoms with E-state index in [9.17, 15) is 5.11 Å². The highest BCUT2D eigenvalue weighted by atomic mass is 16.3. The first-order chi connectivity index (χ1) is 7.48. The molecular weight excluding hydrogens is 202 g/mol. The fourth-order valence-corrected chi connectivity index (χ4v) is 1.71. The van der Waals surface area contributed by atoms with E-state index in [1.54, 1.807) is 20.0 Å². The molecule has 0 saturated heterocycles. The molecule has 1 rings (SSSR count). The van der Waals surface area contributed by atoms with Crippen LogP contribution in [0, 0.1) is 0 Å². The molecule has 0 unspecified atom stereocenters. The fraction of sp³-hybridized carbons (Fsp3) is 0.583. The van der Waals surface area contributed by atoms with Crippen molar-refractivity contribution in [3.05, 3.63) is 24.0 Å². The van der Waals surface area contributed by atoms with Crippen molar-refractivity contribution in [2.24, 2.45) is 5.73 Å². The SMILES string of the molecule is CCN(CC(C)(C)O)c1cccnc1CN. The third-order valence-corrected chi connectivity index (χ3v) is 2.36. The molecule has 90 valence electrons. The van der Waals surface area contributed by atoms with Crippen molar-refractivity contribution in [2.45, 2.75) is 32.9 Å². The van der Waals surface area contributed by atoms with Gasteiger partial charge in [-0.25, -0.2) is 0 Å². The molecule has 0 atom stereocenters. The lowest BCUT2D eigenvalue weighted by molar-refractivity contribution is 0.0875. The minimum atomic E-state index is -0.724. The van der Waals surface area contributed by atoms with Gasteiger partial charge in [-0.1, -0.05) is 0 Å². The van der Waals surface area contributed by atoms with E-state index in [0.29, 0.717) is 13.1 Å². The van der Waals surface area contributed by atoms with Crippen LogP contribution < -0.4 is 10.6 Å². The Kier molecular flexibility index (Phi) is 4.26. The maximum atomic E-state index is 9.85. The van der Waals surface area contributed by atoms with Gasteiger partial charge >= 0.3 is 0 Å². The number of nitrogens with zero attached hydrogens (tertiary/aromatic N) is 2. The third-order valence-electron chi connectivity index (χ3n) is 2.36. The van der Waals surface area contributed by atoms with Crippen LogP contribution in [0.4, 0.5) is 5.69 Å². The van der Waals surface area contributed by atoms with Gasteiger partial charge in [0.1, 0.15) is 0 Å². The van der Waals surface area contributed by atoms with Crippen LogP contribution in [0.5, 0.6) is 0 Å². The number of hydrogen-bond acceptors (Lipinski definition) is 4. The Labute approximate surface area is 97.1 Å². The lowest BCUT2D eigenvalue weighted by atomic mass is 10.1. The van der Waals surface area contributed by atoms with E-state index < -0.39 is 5.60 Å². The van der Waals surface area contributed by atoms with Crippen LogP contribution in [-0.2, 0) is 6.54 Å². The van der Waals surface area contributed by atoms with Crippen LogP contribution in [0.3, 0.4) is 0 Å². The van der Waals surface area contributed by atoms with Crippen LogP contribution in [-0.4, -0.2) is 28.8 Å². The molecule has 0 bridgehead atoms. The Morgan fingerprint density at radius 1 is 1.50 bits per heavy atom. The largest absolute Gasteiger partial charge is 0.389 e. The molecule has 0 radical (unpaired) electrons. The van der Waals surface area contributed by atoms with Gasteiger partial charge in [-0.15, -0.1) is 0 Å². The molecular formula is C12H21N3O. The highest BCUT2D eigenvalue weighted by Gasteiger charge is 2.19. The van der Waals surface area contributed by atoms with Gasteiger partial charge in [0.2, 0.25) is 0 Å². The van der Waals surface area contributed by atoms with Crippen LogP contribution >= 0.6 is 0 Å². The molecule has 0 amide bonds. The lowest BCUT2D eigenvalue weighted by Gasteiger charge is -2.30. The van der Waals surface area contributed by atoms with Crippen molar-refractivity contribution >= 4 is 5.69 Å². The minimum absolute atomic E-state index is 0.415. The van der Waals surface area contributed by atoms with E-state index in [0.717, 1.165) is 17.9 Å². The number of rotatable bonds is 5. The molecule has 1 heterocycles. The zero-order chi connectivity index (χ0) is 12.2. The lowest BCUT2D eigenvalue weighted by Crippen LogP contribution is -2.39. The smallest absolute Gasteiger partial charge is 0.0772 e. The summed E-state index contributed by atoms with van der Waals surface area (Å²) in [5.74, 6) is 0. The summed E-state index contributed by atoms with van der Waals surface area (Å²) in [6.07, 6.45) is 1.74. The molecule has 1 aromatic heterocycles. The summed E-state index contributed by atoms with van der Waals surface area (Å²) in [4.78, 5) is 6.34. The number of likely N-dealkylation sites (N-methyl/N-ethyl adjacent to an activating group) is 1. The van der Waals surface area contributed by atoms with E-state index in [4.69, 9.17) is 5.73 Å². The molecule has 16 heavy (non-hydrogen) atoms. The second-order valence-corrected chi connectivity index (χ2v) is 4.50. The summed E-state index contributed by atoms with van der Waals surface area (Å²) in [5.41, 5.74) is 6.81. The monoisotopic (exact) mass is 223 g/mol. The average Bonchev–Trinajstić information content (AvgIpc) is 2.24. The minimum Gasteiger partial charge on any atom is -0.389 e. The van der Waals surface area contributed by atoms with Crippen molar-refractivity contribution < 1.29 is 5.11 Å². The quantitative estimate of drug-likeness (QED) is 0.785. The average molecular weight is 223 g/mol. The Balaban J connectivity index is 2.94. The summed E-state index contributed by atoms with van der Waals surface area (Å²) in [5, 5.41) is 9.85. The van der Waals surface area contributed by atoms with E-state index in [1.807, 2.05) is 12.1 Å². The fourth-order valence-electron chi connectivity index (χ4n) is 1.71. The number of nitrogens with two attached hydrogens (primary N) is 1. The van der Waals surface area contributed by atoms with Gasteiger partial charge in [0.15, 0.2) is 0 Å². The van der Waals surface area contributed by atoms with Crippen molar-refractivity contribution in [3.63, 3.8) is 0 Å². The number of hydrogen-bond donors (Lipinski definition) is 2. The molecule has 4 heteroatoms. The first-order valence-electron chi connectivity index (χ1n) is 5.59. The molecule has 0 saturated carbocycles. The molecule has 1 aromatic rings. The summed E-state index contributed by atoms with van der Waals surface area (Å²) >= 11 is 0. The molecule has 0 aliphatic carbocycles. The Hall–Kier alpha value is -1.13. The van der Waals surface area contributed by atoms with Crippen LogP contribution in [0.1, 0.15) is 26.5 Å². The second-order valence-electron chi connectivity index (χ2n) is 4.50.